The first-order chi connectivity index (χ1) is 12.3. The average molecular weight is 345 g/mol. The molecule has 1 N–H and O–H groups in total. The van der Waals surface area contributed by atoms with E-state index in [9.17, 15) is 0 Å². The van der Waals surface area contributed by atoms with E-state index in [2.05, 4.69) is 11.4 Å². The molecule has 3 aliphatic rings. The van der Waals surface area contributed by atoms with E-state index in [1.165, 1.54) is 16.7 Å². The molecule has 0 saturated heterocycles. The number of hydrogen-bond acceptors (Lipinski definition) is 5. The maximum absolute atomic E-state index is 5.78. The standard InChI is InChI=1S/C20H27NO4/c1-22-14-6-5-13-7-9-21-8-3-4-15-17(16(13)10-14)11-18-20(19(15)23-2)25-12-24-18/h11,14,21H,3-10,12H2,1-2H3. The lowest BCUT2D eigenvalue weighted by Gasteiger charge is -2.29. The highest BCUT2D eigenvalue weighted by Crippen LogP contribution is 2.49. The molecule has 2 aliphatic heterocycles. The minimum atomic E-state index is 0.267. The zero-order chi connectivity index (χ0) is 17.2. The average Bonchev–Trinajstić information content (AvgIpc) is 3.12. The van der Waals surface area contributed by atoms with E-state index < -0.39 is 0 Å². The van der Waals surface area contributed by atoms with E-state index >= 15 is 0 Å². The lowest BCUT2D eigenvalue weighted by Crippen LogP contribution is -2.23. The number of methoxy groups -OCH3 is 2. The van der Waals surface area contributed by atoms with Gasteiger partial charge in [-0.15, -0.1) is 0 Å². The minimum absolute atomic E-state index is 0.267. The highest BCUT2D eigenvalue weighted by Gasteiger charge is 2.30. The van der Waals surface area contributed by atoms with Crippen molar-refractivity contribution in [3.05, 3.63) is 22.8 Å². The summed E-state index contributed by atoms with van der Waals surface area (Å²) in [5, 5.41) is 3.57. The van der Waals surface area contributed by atoms with E-state index in [4.69, 9.17) is 18.9 Å². The van der Waals surface area contributed by atoms with Crippen molar-refractivity contribution in [1.82, 2.24) is 5.32 Å². The van der Waals surface area contributed by atoms with Gasteiger partial charge < -0.3 is 24.3 Å². The number of fused-ring (bicyclic) bond motifs is 3. The monoisotopic (exact) mass is 345 g/mol. The summed E-state index contributed by atoms with van der Waals surface area (Å²) < 4.78 is 22.9. The van der Waals surface area contributed by atoms with Crippen molar-refractivity contribution in [3.63, 3.8) is 0 Å². The van der Waals surface area contributed by atoms with E-state index in [0.717, 1.165) is 68.9 Å². The highest BCUT2D eigenvalue weighted by atomic mass is 16.7. The molecule has 1 aliphatic carbocycles. The third kappa shape index (κ3) is 3.11. The van der Waals surface area contributed by atoms with Gasteiger partial charge in [-0.1, -0.05) is 5.57 Å². The molecule has 25 heavy (non-hydrogen) atoms. The molecule has 0 spiro atoms. The summed E-state index contributed by atoms with van der Waals surface area (Å²) in [4.78, 5) is 0. The normalized spacial score (nSPS) is 23.0. The van der Waals surface area contributed by atoms with Gasteiger partial charge in [0.05, 0.1) is 13.2 Å². The van der Waals surface area contributed by atoms with Crippen LogP contribution < -0.4 is 19.5 Å². The van der Waals surface area contributed by atoms with Crippen molar-refractivity contribution < 1.29 is 18.9 Å². The second-order valence-electron chi connectivity index (χ2n) is 6.96. The van der Waals surface area contributed by atoms with E-state index in [0.29, 0.717) is 6.10 Å². The van der Waals surface area contributed by atoms with Crippen LogP contribution in [0.1, 0.15) is 43.2 Å². The fourth-order valence-electron chi connectivity index (χ4n) is 4.28. The zero-order valence-electron chi connectivity index (χ0n) is 15.2. The van der Waals surface area contributed by atoms with Gasteiger partial charge in [-0.3, -0.25) is 0 Å². The molecular formula is C20H27NO4. The topological polar surface area (TPSA) is 49.0 Å². The number of ether oxygens (including phenoxy) is 4. The zero-order valence-corrected chi connectivity index (χ0v) is 15.2. The summed E-state index contributed by atoms with van der Waals surface area (Å²) in [5.41, 5.74) is 5.50. The van der Waals surface area contributed by atoms with E-state index in [-0.39, 0.29) is 6.79 Å². The Kier molecular flexibility index (Phi) is 4.86. The van der Waals surface area contributed by atoms with Crippen LogP contribution in [0.4, 0.5) is 0 Å². The third-order valence-corrected chi connectivity index (χ3v) is 5.60. The maximum Gasteiger partial charge on any atom is 0.231 e. The molecule has 1 unspecified atom stereocenters. The summed E-state index contributed by atoms with van der Waals surface area (Å²) in [5.74, 6) is 2.40. The lowest BCUT2D eigenvalue weighted by atomic mass is 9.81. The van der Waals surface area contributed by atoms with Crippen molar-refractivity contribution in [2.24, 2.45) is 0 Å². The fourth-order valence-corrected chi connectivity index (χ4v) is 4.28. The van der Waals surface area contributed by atoms with Gasteiger partial charge in [-0.05, 0) is 68.8 Å². The van der Waals surface area contributed by atoms with Crippen molar-refractivity contribution in [2.75, 3.05) is 34.1 Å². The molecule has 0 radical (unpaired) electrons. The number of nitrogens with one attached hydrogen (secondary N) is 1. The van der Waals surface area contributed by atoms with Crippen LogP contribution in [0.15, 0.2) is 11.6 Å². The van der Waals surface area contributed by atoms with Gasteiger partial charge >= 0.3 is 0 Å². The van der Waals surface area contributed by atoms with Gasteiger partial charge in [0.25, 0.3) is 0 Å². The van der Waals surface area contributed by atoms with Crippen LogP contribution in [0.5, 0.6) is 17.2 Å². The first-order valence-electron chi connectivity index (χ1n) is 9.26. The Hall–Kier alpha value is -1.72. The predicted octanol–water partition coefficient (Wildman–Crippen LogP) is 3.30. The van der Waals surface area contributed by atoms with Gasteiger partial charge in [-0.25, -0.2) is 0 Å². The minimum Gasteiger partial charge on any atom is -0.492 e. The van der Waals surface area contributed by atoms with Crippen molar-refractivity contribution >= 4 is 5.57 Å². The number of benzene rings is 1. The molecule has 1 aromatic carbocycles. The van der Waals surface area contributed by atoms with Crippen LogP contribution in [-0.4, -0.2) is 40.2 Å². The van der Waals surface area contributed by atoms with Crippen LogP contribution in [-0.2, 0) is 11.2 Å². The number of rotatable bonds is 2. The first kappa shape index (κ1) is 16.7. The SMILES string of the molecule is COc1c2c(cc3c1OCO3)C1=C(CCNCCC2)CCC(OC)C1. The first-order valence-corrected chi connectivity index (χ1v) is 9.26. The Balaban J connectivity index is 1.88. The summed E-state index contributed by atoms with van der Waals surface area (Å²) >= 11 is 0. The van der Waals surface area contributed by atoms with Gasteiger partial charge in [0, 0.05) is 12.7 Å². The second kappa shape index (κ2) is 7.26. The van der Waals surface area contributed by atoms with Crippen LogP contribution >= 0.6 is 0 Å². The quantitative estimate of drug-likeness (QED) is 0.891. The molecular weight excluding hydrogens is 318 g/mol. The summed E-state index contributed by atoms with van der Waals surface area (Å²) in [6.07, 6.45) is 6.61. The smallest absolute Gasteiger partial charge is 0.231 e. The Labute approximate surface area is 149 Å². The second-order valence-corrected chi connectivity index (χ2v) is 6.96. The lowest BCUT2D eigenvalue weighted by molar-refractivity contribution is 0.0961. The van der Waals surface area contributed by atoms with Crippen molar-refractivity contribution in [1.29, 1.82) is 0 Å². The Bertz CT molecular complexity index is 683. The molecule has 0 fully saturated rings. The molecule has 0 saturated carbocycles. The van der Waals surface area contributed by atoms with Gasteiger partial charge in [0.1, 0.15) is 0 Å². The van der Waals surface area contributed by atoms with Gasteiger partial charge in [0.15, 0.2) is 11.5 Å². The largest absolute Gasteiger partial charge is 0.492 e. The summed E-state index contributed by atoms with van der Waals surface area (Å²) in [6.45, 7) is 2.34. The molecule has 5 nitrogen and oxygen atoms in total. The van der Waals surface area contributed by atoms with E-state index in [1.54, 1.807) is 12.7 Å². The van der Waals surface area contributed by atoms with Crippen LogP contribution in [0.3, 0.4) is 0 Å². The summed E-state index contributed by atoms with van der Waals surface area (Å²) in [7, 11) is 3.54. The predicted molar refractivity (Wildman–Crippen MR) is 96.5 cm³/mol. The molecule has 1 aromatic rings. The fraction of sp³-hybridized carbons (Fsp3) is 0.600. The molecule has 0 bridgehead atoms. The van der Waals surface area contributed by atoms with Crippen LogP contribution in [0.2, 0.25) is 0 Å². The Morgan fingerprint density at radius 1 is 1.12 bits per heavy atom. The van der Waals surface area contributed by atoms with Crippen molar-refractivity contribution in [3.8, 4) is 17.2 Å². The van der Waals surface area contributed by atoms with Gasteiger partial charge in [0.2, 0.25) is 12.5 Å². The molecule has 4 rings (SSSR count). The molecule has 0 aromatic heterocycles. The molecule has 0 amide bonds. The van der Waals surface area contributed by atoms with E-state index in [1.807, 2.05) is 7.11 Å². The van der Waals surface area contributed by atoms with Crippen LogP contribution in [0, 0.1) is 0 Å². The molecule has 5 heteroatoms. The van der Waals surface area contributed by atoms with Crippen LogP contribution in [0.25, 0.3) is 5.57 Å². The van der Waals surface area contributed by atoms with Crippen molar-refractivity contribution in [2.45, 2.75) is 44.6 Å². The highest BCUT2D eigenvalue weighted by molar-refractivity contribution is 5.78. The van der Waals surface area contributed by atoms with Gasteiger partial charge in [-0.2, -0.15) is 0 Å². The summed E-state index contributed by atoms with van der Waals surface area (Å²) in [6, 6.07) is 2.17. The molecule has 2 heterocycles. The third-order valence-electron chi connectivity index (χ3n) is 5.60. The molecule has 1 atom stereocenters. The Morgan fingerprint density at radius 3 is 2.88 bits per heavy atom. The Morgan fingerprint density at radius 2 is 2.04 bits per heavy atom. The maximum atomic E-state index is 5.78. The number of hydrogen-bond donors (Lipinski definition) is 1. The molecule has 136 valence electrons.